The van der Waals surface area contributed by atoms with Crippen molar-refractivity contribution in [3.63, 3.8) is 0 Å². The van der Waals surface area contributed by atoms with E-state index < -0.39 is 0 Å². The standard InChI is InChI=1S/C7H10N2O/c1-9-3-2-5-4-6(5)8-7(9)10/h2-3,5-6H,4H2,1H3,(H,8,10). The van der Waals surface area contributed by atoms with Crippen molar-refractivity contribution >= 4 is 6.03 Å². The largest absolute Gasteiger partial charge is 0.334 e. The summed E-state index contributed by atoms with van der Waals surface area (Å²) in [5, 5.41) is 2.89. The lowest BCUT2D eigenvalue weighted by atomic mass is 10.4. The van der Waals surface area contributed by atoms with Gasteiger partial charge < -0.3 is 10.2 Å². The quantitative estimate of drug-likeness (QED) is 0.520. The predicted octanol–water partition coefficient (Wildman–Crippen LogP) is 0.544. The second kappa shape index (κ2) is 1.75. The first kappa shape index (κ1) is 5.77. The molecule has 1 saturated carbocycles. The van der Waals surface area contributed by atoms with Crippen LogP contribution in [0.25, 0.3) is 0 Å². The van der Waals surface area contributed by atoms with Crippen molar-refractivity contribution in [2.24, 2.45) is 5.92 Å². The summed E-state index contributed by atoms with van der Waals surface area (Å²) >= 11 is 0. The van der Waals surface area contributed by atoms with Gasteiger partial charge in [0.05, 0.1) is 0 Å². The molecule has 0 spiro atoms. The number of carbonyl (C=O) groups is 1. The van der Waals surface area contributed by atoms with Crippen LogP contribution in [0.1, 0.15) is 6.42 Å². The molecule has 0 radical (unpaired) electrons. The van der Waals surface area contributed by atoms with E-state index in [1.54, 1.807) is 11.9 Å². The van der Waals surface area contributed by atoms with E-state index in [1.807, 2.05) is 6.20 Å². The van der Waals surface area contributed by atoms with Crippen molar-refractivity contribution in [1.29, 1.82) is 0 Å². The third-order valence-electron chi connectivity index (χ3n) is 2.03. The maximum absolute atomic E-state index is 11.0. The fourth-order valence-electron chi connectivity index (χ4n) is 1.16. The van der Waals surface area contributed by atoms with Gasteiger partial charge in [0, 0.05) is 25.2 Å². The average molecular weight is 138 g/mol. The Kier molecular flexibility index (Phi) is 1.01. The molecule has 0 bridgehead atoms. The zero-order valence-corrected chi connectivity index (χ0v) is 5.87. The molecule has 2 unspecified atom stereocenters. The molecule has 2 atom stereocenters. The van der Waals surface area contributed by atoms with Gasteiger partial charge in [0.1, 0.15) is 0 Å². The summed E-state index contributed by atoms with van der Waals surface area (Å²) in [6.45, 7) is 0. The monoisotopic (exact) mass is 138 g/mol. The summed E-state index contributed by atoms with van der Waals surface area (Å²) in [6.07, 6.45) is 5.05. The number of nitrogens with zero attached hydrogens (tertiary/aromatic N) is 1. The van der Waals surface area contributed by atoms with Crippen LogP contribution < -0.4 is 5.32 Å². The molecular formula is C7H10N2O. The molecule has 3 heteroatoms. The van der Waals surface area contributed by atoms with Gasteiger partial charge in [-0.3, -0.25) is 0 Å². The van der Waals surface area contributed by atoms with E-state index in [-0.39, 0.29) is 6.03 Å². The maximum atomic E-state index is 11.0. The molecule has 2 amide bonds. The zero-order valence-electron chi connectivity index (χ0n) is 5.87. The summed E-state index contributed by atoms with van der Waals surface area (Å²) in [4.78, 5) is 12.6. The molecule has 1 aliphatic heterocycles. The van der Waals surface area contributed by atoms with Crippen molar-refractivity contribution in [2.75, 3.05) is 7.05 Å². The number of carbonyl (C=O) groups excluding carboxylic acids is 1. The number of rotatable bonds is 0. The van der Waals surface area contributed by atoms with Gasteiger partial charge in [-0.2, -0.15) is 0 Å². The van der Waals surface area contributed by atoms with E-state index in [4.69, 9.17) is 0 Å². The highest BCUT2D eigenvalue weighted by atomic mass is 16.2. The van der Waals surface area contributed by atoms with Crippen LogP contribution in [0.2, 0.25) is 0 Å². The van der Waals surface area contributed by atoms with E-state index in [1.165, 1.54) is 0 Å². The molecule has 3 nitrogen and oxygen atoms in total. The Morgan fingerprint density at radius 3 is 3.40 bits per heavy atom. The third-order valence-corrected chi connectivity index (χ3v) is 2.03. The predicted molar refractivity (Wildman–Crippen MR) is 37.3 cm³/mol. The Balaban J connectivity index is 2.15. The Morgan fingerprint density at radius 1 is 1.80 bits per heavy atom. The van der Waals surface area contributed by atoms with Crippen LogP contribution in [0.3, 0.4) is 0 Å². The van der Waals surface area contributed by atoms with Gasteiger partial charge >= 0.3 is 6.03 Å². The minimum absolute atomic E-state index is 0.0150. The van der Waals surface area contributed by atoms with Gasteiger partial charge in [-0.05, 0) is 6.42 Å². The molecule has 1 heterocycles. The van der Waals surface area contributed by atoms with Gasteiger partial charge in [0.15, 0.2) is 0 Å². The number of nitrogens with one attached hydrogen (secondary N) is 1. The molecule has 0 saturated heterocycles. The van der Waals surface area contributed by atoms with Gasteiger partial charge in [0.25, 0.3) is 0 Å². The van der Waals surface area contributed by atoms with Crippen molar-refractivity contribution < 1.29 is 4.79 Å². The molecule has 1 aliphatic carbocycles. The molecule has 2 rings (SSSR count). The Labute approximate surface area is 59.7 Å². The Morgan fingerprint density at radius 2 is 2.60 bits per heavy atom. The molecule has 1 N–H and O–H groups in total. The van der Waals surface area contributed by atoms with Crippen LogP contribution in [0.15, 0.2) is 12.3 Å². The highest BCUT2D eigenvalue weighted by molar-refractivity contribution is 5.76. The van der Waals surface area contributed by atoms with Gasteiger partial charge in [-0.25, -0.2) is 4.79 Å². The molecule has 0 aromatic carbocycles. The normalized spacial score (nSPS) is 36.5. The van der Waals surface area contributed by atoms with Gasteiger partial charge in [-0.1, -0.05) is 6.08 Å². The minimum Gasteiger partial charge on any atom is -0.334 e. The molecular weight excluding hydrogens is 128 g/mol. The molecule has 2 aliphatic rings. The molecule has 0 aromatic heterocycles. The van der Waals surface area contributed by atoms with E-state index >= 15 is 0 Å². The summed E-state index contributed by atoms with van der Waals surface area (Å²) in [6, 6.07) is 0.440. The Bertz CT molecular complexity index is 200. The summed E-state index contributed by atoms with van der Waals surface area (Å²) in [5.74, 6) is 0.605. The second-order valence-corrected chi connectivity index (χ2v) is 2.91. The van der Waals surface area contributed by atoms with Crippen molar-refractivity contribution in [2.45, 2.75) is 12.5 Å². The smallest absolute Gasteiger partial charge is 0.321 e. The van der Waals surface area contributed by atoms with E-state index in [2.05, 4.69) is 11.4 Å². The molecule has 1 fully saturated rings. The van der Waals surface area contributed by atoms with Gasteiger partial charge in [0.2, 0.25) is 0 Å². The van der Waals surface area contributed by atoms with E-state index in [0.717, 1.165) is 6.42 Å². The number of fused-ring (bicyclic) bond motifs is 1. The topological polar surface area (TPSA) is 32.3 Å². The SMILES string of the molecule is CN1C=CC2CC2NC1=O. The summed E-state index contributed by atoms with van der Waals surface area (Å²) < 4.78 is 0. The first-order valence-corrected chi connectivity index (χ1v) is 3.49. The van der Waals surface area contributed by atoms with Crippen LogP contribution in [0.4, 0.5) is 4.79 Å². The van der Waals surface area contributed by atoms with Crippen LogP contribution in [-0.4, -0.2) is 24.0 Å². The second-order valence-electron chi connectivity index (χ2n) is 2.91. The number of hydrogen-bond acceptors (Lipinski definition) is 1. The third kappa shape index (κ3) is 0.781. The first-order valence-electron chi connectivity index (χ1n) is 3.49. The Hall–Kier alpha value is -0.990. The lowest BCUT2D eigenvalue weighted by molar-refractivity contribution is 0.222. The number of amides is 2. The van der Waals surface area contributed by atoms with Crippen LogP contribution in [0, 0.1) is 5.92 Å². The average Bonchev–Trinajstić information content (AvgIpc) is 2.61. The van der Waals surface area contributed by atoms with Crippen LogP contribution in [-0.2, 0) is 0 Å². The van der Waals surface area contributed by atoms with E-state index in [9.17, 15) is 4.79 Å². The summed E-state index contributed by atoms with van der Waals surface area (Å²) in [7, 11) is 1.76. The van der Waals surface area contributed by atoms with Gasteiger partial charge in [-0.15, -0.1) is 0 Å². The summed E-state index contributed by atoms with van der Waals surface area (Å²) in [5.41, 5.74) is 0. The lowest BCUT2D eigenvalue weighted by Gasteiger charge is -2.10. The molecule has 0 aromatic rings. The van der Waals surface area contributed by atoms with Crippen LogP contribution >= 0.6 is 0 Å². The zero-order chi connectivity index (χ0) is 7.14. The highest BCUT2D eigenvalue weighted by Crippen LogP contribution is 2.33. The fraction of sp³-hybridized carbons (Fsp3) is 0.571. The van der Waals surface area contributed by atoms with Crippen molar-refractivity contribution in [3.8, 4) is 0 Å². The van der Waals surface area contributed by atoms with Crippen molar-refractivity contribution in [1.82, 2.24) is 10.2 Å². The fourth-order valence-corrected chi connectivity index (χ4v) is 1.16. The number of urea groups is 1. The lowest BCUT2D eigenvalue weighted by Crippen LogP contribution is -2.34. The molecule has 54 valence electrons. The van der Waals surface area contributed by atoms with Crippen molar-refractivity contribution in [3.05, 3.63) is 12.3 Å². The van der Waals surface area contributed by atoms with Crippen LogP contribution in [0.5, 0.6) is 0 Å². The number of hydrogen-bond donors (Lipinski definition) is 1. The highest BCUT2D eigenvalue weighted by Gasteiger charge is 2.38. The van der Waals surface area contributed by atoms with E-state index in [0.29, 0.717) is 12.0 Å². The first-order chi connectivity index (χ1) is 4.77. The molecule has 10 heavy (non-hydrogen) atoms. The maximum Gasteiger partial charge on any atom is 0.321 e. The minimum atomic E-state index is 0.0150.